The Bertz CT molecular complexity index is 428. The first-order chi connectivity index (χ1) is 8.36. The molecule has 0 aliphatic heterocycles. The summed E-state index contributed by atoms with van der Waals surface area (Å²) in [6.45, 7) is 3.16. The molecule has 3 nitrogen and oxygen atoms in total. The van der Waals surface area contributed by atoms with E-state index in [4.69, 9.17) is 0 Å². The molecule has 17 heavy (non-hydrogen) atoms. The van der Waals surface area contributed by atoms with E-state index in [0.29, 0.717) is 5.92 Å². The third-order valence-electron chi connectivity index (χ3n) is 2.82. The predicted octanol–water partition coefficient (Wildman–Crippen LogP) is 3.08. The Morgan fingerprint density at radius 3 is 2.71 bits per heavy atom. The molecule has 1 aromatic carbocycles. The van der Waals surface area contributed by atoms with Crippen LogP contribution in [-0.2, 0) is 0 Å². The highest BCUT2D eigenvalue weighted by Gasteiger charge is 2.04. The van der Waals surface area contributed by atoms with Crippen molar-refractivity contribution >= 4 is 5.82 Å². The number of hydrogen-bond donors (Lipinski definition) is 1. The van der Waals surface area contributed by atoms with Crippen molar-refractivity contribution < 1.29 is 0 Å². The Balaban J connectivity index is 1.79. The van der Waals surface area contributed by atoms with Gasteiger partial charge in [-0.25, -0.2) is 4.98 Å². The lowest BCUT2D eigenvalue weighted by atomic mass is 9.98. The summed E-state index contributed by atoms with van der Waals surface area (Å²) in [5.74, 6) is 1.40. The second-order valence-corrected chi connectivity index (χ2v) is 4.12. The lowest BCUT2D eigenvalue weighted by Crippen LogP contribution is -2.07. The Labute approximate surface area is 102 Å². The van der Waals surface area contributed by atoms with Crippen molar-refractivity contribution in [2.24, 2.45) is 0 Å². The highest BCUT2D eigenvalue weighted by molar-refractivity contribution is 5.29. The first kappa shape index (κ1) is 11.6. The van der Waals surface area contributed by atoms with Gasteiger partial charge in [-0.3, -0.25) is 4.98 Å². The summed E-state index contributed by atoms with van der Waals surface area (Å²) < 4.78 is 0. The number of rotatable bonds is 5. The molecule has 0 aliphatic carbocycles. The van der Waals surface area contributed by atoms with Crippen molar-refractivity contribution in [1.29, 1.82) is 0 Å². The number of aromatic nitrogens is 2. The quantitative estimate of drug-likeness (QED) is 0.853. The molecule has 88 valence electrons. The van der Waals surface area contributed by atoms with Gasteiger partial charge in [-0.15, -0.1) is 0 Å². The minimum absolute atomic E-state index is 0.556. The zero-order valence-corrected chi connectivity index (χ0v) is 10.0. The number of anilines is 1. The summed E-state index contributed by atoms with van der Waals surface area (Å²) in [7, 11) is 0. The average Bonchev–Trinajstić information content (AvgIpc) is 2.41. The molecule has 0 spiro atoms. The zero-order valence-electron chi connectivity index (χ0n) is 10.0. The van der Waals surface area contributed by atoms with E-state index in [1.807, 2.05) is 6.07 Å². The van der Waals surface area contributed by atoms with Crippen LogP contribution in [0, 0.1) is 0 Å². The van der Waals surface area contributed by atoms with E-state index in [0.717, 1.165) is 18.8 Å². The first-order valence-electron chi connectivity index (χ1n) is 5.91. The van der Waals surface area contributed by atoms with Gasteiger partial charge in [-0.2, -0.15) is 0 Å². The molecule has 0 aliphatic rings. The summed E-state index contributed by atoms with van der Waals surface area (Å²) in [6.07, 6.45) is 6.20. The van der Waals surface area contributed by atoms with Gasteiger partial charge in [0.25, 0.3) is 0 Å². The van der Waals surface area contributed by atoms with Gasteiger partial charge in [0.1, 0.15) is 5.82 Å². The monoisotopic (exact) mass is 227 g/mol. The van der Waals surface area contributed by atoms with Crippen molar-refractivity contribution in [1.82, 2.24) is 9.97 Å². The minimum atomic E-state index is 0.556. The fourth-order valence-electron chi connectivity index (χ4n) is 1.76. The van der Waals surface area contributed by atoms with Crippen LogP contribution >= 0.6 is 0 Å². The van der Waals surface area contributed by atoms with Gasteiger partial charge in [0.15, 0.2) is 0 Å². The van der Waals surface area contributed by atoms with Crippen LogP contribution in [0.5, 0.6) is 0 Å². The van der Waals surface area contributed by atoms with E-state index < -0.39 is 0 Å². The molecule has 0 saturated carbocycles. The van der Waals surface area contributed by atoms with Gasteiger partial charge in [0.05, 0.1) is 6.20 Å². The number of hydrogen-bond acceptors (Lipinski definition) is 3. The van der Waals surface area contributed by atoms with E-state index >= 15 is 0 Å². The molecule has 0 radical (unpaired) electrons. The third kappa shape index (κ3) is 3.55. The highest BCUT2D eigenvalue weighted by Crippen LogP contribution is 2.18. The third-order valence-corrected chi connectivity index (χ3v) is 2.82. The van der Waals surface area contributed by atoms with Crippen LogP contribution in [0.15, 0.2) is 48.9 Å². The Hall–Kier alpha value is -1.90. The second kappa shape index (κ2) is 5.99. The van der Waals surface area contributed by atoms with E-state index in [1.165, 1.54) is 5.56 Å². The smallest absolute Gasteiger partial charge is 0.144 e. The van der Waals surface area contributed by atoms with Gasteiger partial charge in [-0.1, -0.05) is 37.3 Å². The molecular formula is C14H17N3. The van der Waals surface area contributed by atoms with Crippen LogP contribution in [0.2, 0.25) is 0 Å². The molecule has 0 fully saturated rings. The van der Waals surface area contributed by atoms with E-state index in [9.17, 15) is 0 Å². The van der Waals surface area contributed by atoms with Gasteiger partial charge in [-0.05, 0) is 17.9 Å². The largest absolute Gasteiger partial charge is 0.369 e. The molecule has 1 aromatic heterocycles. The van der Waals surface area contributed by atoms with Crippen molar-refractivity contribution in [2.45, 2.75) is 19.3 Å². The van der Waals surface area contributed by atoms with Gasteiger partial charge >= 0.3 is 0 Å². The van der Waals surface area contributed by atoms with Crippen LogP contribution in [0.3, 0.4) is 0 Å². The van der Waals surface area contributed by atoms with Crippen molar-refractivity contribution in [2.75, 3.05) is 11.9 Å². The molecule has 1 atom stereocenters. The second-order valence-electron chi connectivity index (χ2n) is 4.12. The number of benzene rings is 1. The van der Waals surface area contributed by atoms with E-state index in [-0.39, 0.29) is 0 Å². The fraction of sp³-hybridized carbons (Fsp3) is 0.286. The maximum atomic E-state index is 4.17. The SMILES string of the molecule is CC(CCNc1cnccn1)c1ccccc1. The molecule has 0 saturated heterocycles. The van der Waals surface area contributed by atoms with Crippen LogP contribution in [-0.4, -0.2) is 16.5 Å². The van der Waals surface area contributed by atoms with Gasteiger partial charge < -0.3 is 5.32 Å². The zero-order chi connectivity index (χ0) is 11.9. The molecule has 1 N–H and O–H groups in total. The topological polar surface area (TPSA) is 37.8 Å². The van der Waals surface area contributed by atoms with Crippen molar-refractivity contribution in [3.05, 3.63) is 54.5 Å². The lowest BCUT2D eigenvalue weighted by molar-refractivity contribution is 0.704. The van der Waals surface area contributed by atoms with Crippen molar-refractivity contribution in [3.8, 4) is 0 Å². The van der Waals surface area contributed by atoms with E-state index in [1.54, 1.807) is 18.6 Å². The minimum Gasteiger partial charge on any atom is -0.369 e. The molecule has 2 aromatic rings. The maximum Gasteiger partial charge on any atom is 0.144 e. The Kier molecular flexibility index (Phi) is 4.08. The molecule has 1 heterocycles. The maximum absolute atomic E-state index is 4.17. The summed E-state index contributed by atoms with van der Waals surface area (Å²) in [6, 6.07) is 10.6. The normalized spacial score (nSPS) is 12.1. The van der Waals surface area contributed by atoms with Crippen LogP contribution in [0.1, 0.15) is 24.8 Å². The van der Waals surface area contributed by atoms with Gasteiger partial charge in [0, 0.05) is 18.9 Å². The van der Waals surface area contributed by atoms with Gasteiger partial charge in [0.2, 0.25) is 0 Å². The molecule has 0 bridgehead atoms. The molecule has 0 amide bonds. The molecule has 3 heteroatoms. The Morgan fingerprint density at radius 2 is 2.00 bits per heavy atom. The molecule has 1 unspecified atom stereocenters. The van der Waals surface area contributed by atoms with Crippen LogP contribution in [0.25, 0.3) is 0 Å². The average molecular weight is 227 g/mol. The number of nitrogens with one attached hydrogen (secondary N) is 1. The summed E-state index contributed by atoms with van der Waals surface area (Å²) >= 11 is 0. The molecule has 2 rings (SSSR count). The standard InChI is InChI=1S/C14H17N3/c1-12(13-5-3-2-4-6-13)7-8-16-14-11-15-9-10-17-14/h2-6,9-12H,7-8H2,1H3,(H,16,17). The number of nitrogens with zero attached hydrogens (tertiary/aromatic N) is 2. The van der Waals surface area contributed by atoms with Crippen LogP contribution < -0.4 is 5.32 Å². The summed E-state index contributed by atoms with van der Waals surface area (Å²) in [4.78, 5) is 8.19. The Morgan fingerprint density at radius 1 is 1.18 bits per heavy atom. The fourth-order valence-corrected chi connectivity index (χ4v) is 1.76. The highest BCUT2D eigenvalue weighted by atomic mass is 15.0. The van der Waals surface area contributed by atoms with Crippen molar-refractivity contribution in [3.63, 3.8) is 0 Å². The summed E-state index contributed by atoms with van der Waals surface area (Å²) in [5.41, 5.74) is 1.38. The van der Waals surface area contributed by atoms with Crippen LogP contribution in [0.4, 0.5) is 5.82 Å². The lowest BCUT2D eigenvalue weighted by Gasteiger charge is -2.12. The summed E-state index contributed by atoms with van der Waals surface area (Å²) in [5, 5.41) is 3.27. The predicted molar refractivity (Wildman–Crippen MR) is 70.0 cm³/mol. The first-order valence-corrected chi connectivity index (χ1v) is 5.91. The van der Waals surface area contributed by atoms with E-state index in [2.05, 4.69) is 46.5 Å². The molecular weight excluding hydrogens is 210 g/mol.